The first kappa shape index (κ1) is 16.5. The van der Waals surface area contributed by atoms with Crippen molar-refractivity contribution in [3.63, 3.8) is 0 Å². The number of nitrogens with zero attached hydrogens (tertiary/aromatic N) is 4. The van der Waals surface area contributed by atoms with Gasteiger partial charge in [-0.1, -0.05) is 48.2 Å². The Morgan fingerprint density at radius 2 is 1.92 bits per heavy atom. The number of hydrogen-bond donors (Lipinski definition) is 0. The van der Waals surface area contributed by atoms with Gasteiger partial charge in [0.2, 0.25) is 0 Å². The summed E-state index contributed by atoms with van der Waals surface area (Å²) in [5, 5.41) is 15.1. The van der Waals surface area contributed by atoms with E-state index in [1.165, 1.54) is 5.56 Å². The van der Waals surface area contributed by atoms with Gasteiger partial charge >= 0.3 is 0 Å². The average Bonchev–Trinajstić information content (AvgIpc) is 3.35. The van der Waals surface area contributed by atoms with Gasteiger partial charge in [-0.15, -0.1) is 32.9 Å². The Hall–Kier alpha value is -1.96. The van der Waals surface area contributed by atoms with Crippen molar-refractivity contribution in [1.29, 1.82) is 0 Å². The molecule has 0 N–H and O–H groups in total. The van der Waals surface area contributed by atoms with Crippen LogP contribution < -0.4 is 0 Å². The van der Waals surface area contributed by atoms with Gasteiger partial charge in [-0.3, -0.25) is 4.57 Å². The zero-order valence-electron chi connectivity index (χ0n) is 13.6. The third kappa shape index (κ3) is 3.84. The molecule has 0 radical (unpaired) electrons. The topological polar surface area (TPSA) is 43.6 Å². The second-order valence-corrected chi connectivity index (χ2v) is 8.45. The van der Waals surface area contributed by atoms with Gasteiger partial charge in [-0.05, 0) is 23.9 Å². The molecule has 0 saturated heterocycles. The quantitative estimate of drug-likeness (QED) is 0.433. The highest BCUT2D eigenvalue weighted by Crippen LogP contribution is 2.29. The summed E-state index contributed by atoms with van der Waals surface area (Å²) in [4.78, 5) is 5.68. The van der Waals surface area contributed by atoms with Gasteiger partial charge in [0.25, 0.3) is 0 Å². The monoisotopic (exact) mass is 384 g/mol. The van der Waals surface area contributed by atoms with Crippen molar-refractivity contribution in [2.75, 3.05) is 0 Å². The highest BCUT2D eigenvalue weighted by molar-refractivity contribution is 7.98. The number of thiazole rings is 1. The van der Waals surface area contributed by atoms with Crippen molar-refractivity contribution in [1.82, 2.24) is 19.7 Å². The maximum Gasteiger partial charge on any atom is 0.192 e. The van der Waals surface area contributed by atoms with Gasteiger partial charge < -0.3 is 0 Å². The SMILES string of the molecule is Cc1nc(CSc2nnc(-c3cccs3)n2Cc2ccccc2)cs1. The van der Waals surface area contributed by atoms with E-state index in [-0.39, 0.29) is 0 Å². The van der Waals surface area contributed by atoms with Gasteiger partial charge in [-0.25, -0.2) is 4.98 Å². The lowest BCUT2D eigenvalue weighted by atomic mass is 10.2. The van der Waals surface area contributed by atoms with E-state index in [9.17, 15) is 0 Å². The maximum absolute atomic E-state index is 4.54. The van der Waals surface area contributed by atoms with Crippen LogP contribution in [0.15, 0.2) is 58.4 Å². The van der Waals surface area contributed by atoms with E-state index in [1.54, 1.807) is 34.4 Å². The lowest BCUT2D eigenvalue weighted by Gasteiger charge is -2.09. The van der Waals surface area contributed by atoms with Crippen LogP contribution in [0.3, 0.4) is 0 Å². The molecule has 4 aromatic rings. The largest absolute Gasteiger partial charge is 0.297 e. The molecule has 4 nitrogen and oxygen atoms in total. The second kappa shape index (κ2) is 7.51. The molecule has 0 bridgehead atoms. The van der Waals surface area contributed by atoms with Crippen LogP contribution in [0.1, 0.15) is 16.3 Å². The molecule has 0 unspecified atom stereocenters. The molecule has 0 fully saturated rings. The summed E-state index contributed by atoms with van der Waals surface area (Å²) >= 11 is 5.06. The van der Waals surface area contributed by atoms with Crippen LogP contribution in [0, 0.1) is 6.92 Å². The molecule has 0 spiro atoms. The van der Waals surface area contributed by atoms with Crippen LogP contribution >= 0.6 is 34.4 Å². The van der Waals surface area contributed by atoms with E-state index in [2.05, 4.69) is 60.8 Å². The minimum Gasteiger partial charge on any atom is -0.297 e. The third-order valence-corrected chi connectivity index (χ3v) is 6.35. The summed E-state index contributed by atoms with van der Waals surface area (Å²) in [6.07, 6.45) is 0. The molecule has 0 aliphatic heterocycles. The molecule has 0 amide bonds. The van der Waals surface area contributed by atoms with E-state index in [4.69, 9.17) is 0 Å². The van der Waals surface area contributed by atoms with E-state index < -0.39 is 0 Å². The minimum atomic E-state index is 0.763. The Bertz CT molecular complexity index is 942. The molecule has 4 rings (SSSR count). The Morgan fingerprint density at radius 1 is 1.04 bits per heavy atom. The van der Waals surface area contributed by atoms with E-state index in [1.807, 2.05) is 19.1 Å². The number of aromatic nitrogens is 4. The van der Waals surface area contributed by atoms with Crippen molar-refractivity contribution in [3.8, 4) is 10.7 Å². The summed E-state index contributed by atoms with van der Waals surface area (Å²) in [5.74, 6) is 1.73. The summed E-state index contributed by atoms with van der Waals surface area (Å²) in [7, 11) is 0. The molecule has 0 aliphatic carbocycles. The number of benzene rings is 1. The van der Waals surface area contributed by atoms with Gasteiger partial charge in [0.1, 0.15) is 0 Å². The lowest BCUT2D eigenvalue weighted by Crippen LogP contribution is -2.03. The van der Waals surface area contributed by atoms with Gasteiger partial charge in [0.05, 0.1) is 22.1 Å². The minimum absolute atomic E-state index is 0.763. The summed E-state index contributed by atoms with van der Waals surface area (Å²) < 4.78 is 2.20. The normalized spacial score (nSPS) is 11.1. The first-order valence-corrected chi connectivity index (χ1v) is 10.6. The summed E-state index contributed by atoms with van der Waals surface area (Å²) in [5.41, 5.74) is 2.34. The zero-order valence-corrected chi connectivity index (χ0v) is 16.1. The summed E-state index contributed by atoms with van der Waals surface area (Å²) in [6.45, 7) is 2.80. The fraction of sp³-hybridized carbons (Fsp3) is 0.167. The lowest BCUT2D eigenvalue weighted by molar-refractivity contribution is 0.715. The second-order valence-electron chi connectivity index (χ2n) is 5.50. The van der Waals surface area contributed by atoms with Gasteiger partial charge in [0, 0.05) is 11.1 Å². The van der Waals surface area contributed by atoms with Crippen LogP contribution in [-0.4, -0.2) is 19.7 Å². The molecule has 25 heavy (non-hydrogen) atoms. The first-order chi connectivity index (χ1) is 12.3. The molecule has 3 heterocycles. The van der Waals surface area contributed by atoms with Crippen LogP contribution in [0.4, 0.5) is 0 Å². The molecular formula is C18H16N4S3. The van der Waals surface area contributed by atoms with Crippen molar-refractivity contribution in [2.24, 2.45) is 0 Å². The molecule has 0 saturated carbocycles. The first-order valence-electron chi connectivity index (χ1n) is 7.84. The number of thioether (sulfide) groups is 1. The number of thiophene rings is 1. The fourth-order valence-corrected chi connectivity index (χ4v) is 4.77. The van der Waals surface area contributed by atoms with Crippen LogP contribution in [0.25, 0.3) is 10.7 Å². The Kier molecular flexibility index (Phi) is 4.96. The number of aryl methyl sites for hydroxylation is 1. The molecule has 0 aliphatic rings. The average molecular weight is 385 g/mol. The smallest absolute Gasteiger partial charge is 0.192 e. The van der Waals surface area contributed by atoms with Crippen molar-refractivity contribution in [2.45, 2.75) is 24.4 Å². The molecule has 126 valence electrons. The van der Waals surface area contributed by atoms with Crippen molar-refractivity contribution in [3.05, 3.63) is 69.5 Å². The van der Waals surface area contributed by atoms with E-state index in [0.29, 0.717) is 0 Å². The Balaban J connectivity index is 1.63. The molecular weight excluding hydrogens is 368 g/mol. The predicted octanol–water partition coefficient (Wildman–Crippen LogP) is 5.11. The van der Waals surface area contributed by atoms with E-state index in [0.717, 1.165) is 38.9 Å². The van der Waals surface area contributed by atoms with E-state index >= 15 is 0 Å². The Labute approximate surface area is 158 Å². The maximum atomic E-state index is 4.54. The van der Waals surface area contributed by atoms with Crippen molar-refractivity contribution < 1.29 is 0 Å². The van der Waals surface area contributed by atoms with Crippen molar-refractivity contribution >= 4 is 34.4 Å². The number of rotatable bonds is 6. The van der Waals surface area contributed by atoms with Gasteiger partial charge in [-0.2, -0.15) is 0 Å². The molecule has 3 aromatic heterocycles. The van der Waals surface area contributed by atoms with Crippen LogP contribution in [-0.2, 0) is 12.3 Å². The highest BCUT2D eigenvalue weighted by Gasteiger charge is 2.16. The molecule has 7 heteroatoms. The molecule has 0 atom stereocenters. The third-order valence-electron chi connectivity index (χ3n) is 3.66. The van der Waals surface area contributed by atoms with Gasteiger partial charge in [0.15, 0.2) is 11.0 Å². The molecule has 1 aromatic carbocycles. The summed E-state index contributed by atoms with van der Waals surface area (Å²) in [6, 6.07) is 14.6. The van der Waals surface area contributed by atoms with Crippen LogP contribution in [0.5, 0.6) is 0 Å². The predicted molar refractivity (Wildman–Crippen MR) is 105 cm³/mol. The zero-order chi connectivity index (χ0) is 17.1. The fourth-order valence-electron chi connectivity index (χ4n) is 2.51. The standard InChI is InChI=1S/C18H16N4S3/c1-13-19-15(11-24-13)12-25-18-21-20-17(16-8-5-9-23-16)22(18)10-14-6-3-2-4-7-14/h2-9,11H,10,12H2,1H3. The van der Waals surface area contributed by atoms with Crippen LogP contribution in [0.2, 0.25) is 0 Å². The number of hydrogen-bond acceptors (Lipinski definition) is 6. The highest BCUT2D eigenvalue weighted by atomic mass is 32.2. The Morgan fingerprint density at radius 3 is 2.64 bits per heavy atom.